The third-order valence-electron chi connectivity index (χ3n) is 3.81. The van der Waals surface area contributed by atoms with Crippen molar-refractivity contribution < 1.29 is 19.1 Å². The number of halogens is 1. The first-order valence-electron chi connectivity index (χ1n) is 8.27. The van der Waals surface area contributed by atoms with Crippen molar-refractivity contribution in [2.45, 2.75) is 13.0 Å². The number of thiophene rings is 1. The second-order valence-corrected chi connectivity index (χ2v) is 7.04. The van der Waals surface area contributed by atoms with Gasteiger partial charge in [-0.15, -0.1) is 11.3 Å². The van der Waals surface area contributed by atoms with Crippen LogP contribution in [0.25, 0.3) is 0 Å². The lowest BCUT2D eigenvalue weighted by atomic mass is 10.0. The summed E-state index contributed by atoms with van der Waals surface area (Å²) in [4.78, 5) is 41.9. The second-order valence-electron chi connectivity index (χ2n) is 5.73. The second kappa shape index (κ2) is 8.77. The molecular formula is C20H15ClN2O4S. The maximum atomic E-state index is 12.6. The lowest BCUT2D eigenvalue weighted by Gasteiger charge is -2.15. The summed E-state index contributed by atoms with van der Waals surface area (Å²) < 4.78 is 5.26. The Kier molecular flexibility index (Phi) is 6.18. The van der Waals surface area contributed by atoms with E-state index in [-0.39, 0.29) is 22.1 Å². The fraction of sp³-hybridized carbons (Fsp3) is 0.100. The van der Waals surface area contributed by atoms with Crippen LogP contribution in [0.2, 0.25) is 5.15 Å². The van der Waals surface area contributed by atoms with Gasteiger partial charge in [-0.2, -0.15) is 0 Å². The highest BCUT2D eigenvalue weighted by Crippen LogP contribution is 2.20. The molecule has 0 saturated heterocycles. The molecule has 3 rings (SSSR count). The summed E-state index contributed by atoms with van der Waals surface area (Å²) >= 11 is 7.19. The van der Waals surface area contributed by atoms with E-state index in [1.165, 1.54) is 30.5 Å². The van der Waals surface area contributed by atoms with E-state index >= 15 is 0 Å². The number of pyridine rings is 1. The average molecular weight is 415 g/mol. The molecule has 142 valence electrons. The number of hydrogen-bond acceptors (Lipinski definition) is 6. The van der Waals surface area contributed by atoms with Crippen molar-refractivity contribution >= 4 is 46.3 Å². The summed E-state index contributed by atoms with van der Waals surface area (Å²) in [6.07, 6.45) is 0.386. The van der Waals surface area contributed by atoms with Crippen molar-refractivity contribution in [3.05, 3.63) is 81.3 Å². The Bertz CT molecular complexity index is 1020. The molecule has 1 N–H and O–H groups in total. The van der Waals surface area contributed by atoms with Crippen LogP contribution in [0.4, 0.5) is 5.69 Å². The maximum absolute atomic E-state index is 12.6. The predicted molar refractivity (Wildman–Crippen MR) is 107 cm³/mol. The lowest BCUT2D eigenvalue weighted by molar-refractivity contribution is -0.123. The molecule has 0 aliphatic heterocycles. The van der Waals surface area contributed by atoms with Gasteiger partial charge in [0.15, 0.2) is 11.3 Å². The van der Waals surface area contributed by atoms with Crippen molar-refractivity contribution in [3.8, 4) is 0 Å². The summed E-state index contributed by atoms with van der Waals surface area (Å²) in [5.74, 6) is -1.60. The van der Waals surface area contributed by atoms with E-state index in [1.54, 1.807) is 47.8 Å². The molecule has 1 atom stereocenters. The Balaban J connectivity index is 1.73. The number of carbonyl (C=O) groups excluding carboxylic acids is 3. The van der Waals surface area contributed by atoms with Crippen molar-refractivity contribution in [1.82, 2.24) is 4.98 Å². The topological polar surface area (TPSA) is 85.4 Å². The Hall–Kier alpha value is -3.03. The molecule has 8 heteroatoms. The number of anilines is 1. The van der Waals surface area contributed by atoms with E-state index in [4.69, 9.17) is 16.3 Å². The lowest BCUT2D eigenvalue weighted by Crippen LogP contribution is -2.30. The Morgan fingerprint density at radius 3 is 2.50 bits per heavy atom. The number of ketones is 1. The van der Waals surface area contributed by atoms with Gasteiger partial charge in [-0.05, 0) is 36.6 Å². The molecule has 28 heavy (non-hydrogen) atoms. The number of aromatic nitrogens is 1. The number of esters is 1. The molecule has 2 aromatic heterocycles. The van der Waals surface area contributed by atoms with Gasteiger partial charge in [0.1, 0.15) is 0 Å². The van der Waals surface area contributed by atoms with Gasteiger partial charge in [0.2, 0.25) is 5.78 Å². The third-order valence-corrected chi connectivity index (χ3v) is 4.98. The molecule has 3 aromatic rings. The summed E-state index contributed by atoms with van der Waals surface area (Å²) in [5, 5.41) is 4.46. The molecule has 2 heterocycles. The molecular weight excluding hydrogens is 400 g/mol. The van der Waals surface area contributed by atoms with E-state index < -0.39 is 18.0 Å². The van der Waals surface area contributed by atoms with Crippen LogP contribution in [0.15, 0.2) is 60.1 Å². The minimum atomic E-state index is -1.10. The number of benzene rings is 1. The van der Waals surface area contributed by atoms with Crippen molar-refractivity contribution in [3.63, 3.8) is 0 Å². The molecule has 0 spiro atoms. The van der Waals surface area contributed by atoms with Crippen LogP contribution in [0.5, 0.6) is 0 Å². The SMILES string of the molecule is C[C@@H](OC(=O)c1ccccc1C(=O)c1cccs1)C(=O)Nc1cccnc1Cl. The fourth-order valence-corrected chi connectivity index (χ4v) is 3.24. The van der Waals surface area contributed by atoms with Gasteiger partial charge in [0.05, 0.1) is 16.1 Å². The number of rotatable bonds is 6. The zero-order chi connectivity index (χ0) is 20.1. The van der Waals surface area contributed by atoms with Gasteiger partial charge in [-0.1, -0.05) is 35.9 Å². The highest BCUT2D eigenvalue weighted by atomic mass is 35.5. The monoisotopic (exact) mass is 414 g/mol. The van der Waals surface area contributed by atoms with Crippen LogP contribution >= 0.6 is 22.9 Å². The zero-order valence-corrected chi connectivity index (χ0v) is 16.3. The van der Waals surface area contributed by atoms with Gasteiger partial charge in [-0.25, -0.2) is 9.78 Å². The van der Waals surface area contributed by atoms with Crippen LogP contribution < -0.4 is 5.32 Å². The molecule has 0 saturated carbocycles. The normalized spacial score (nSPS) is 11.5. The van der Waals surface area contributed by atoms with Crippen LogP contribution in [0, 0.1) is 0 Å². The molecule has 1 amide bonds. The molecule has 0 radical (unpaired) electrons. The largest absolute Gasteiger partial charge is 0.449 e. The molecule has 0 aliphatic rings. The van der Waals surface area contributed by atoms with Crippen LogP contribution in [0.3, 0.4) is 0 Å². The van der Waals surface area contributed by atoms with Crippen molar-refractivity contribution in [2.24, 2.45) is 0 Å². The fourth-order valence-electron chi connectivity index (χ4n) is 2.39. The summed E-state index contributed by atoms with van der Waals surface area (Å²) in [6, 6.07) is 13.0. The number of nitrogens with zero attached hydrogens (tertiary/aromatic N) is 1. The van der Waals surface area contributed by atoms with Gasteiger partial charge >= 0.3 is 5.97 Å². The van der Waals surface area contributed by atoms with Gasteiger partial charge < -0.3 is 10.1 Å². The first-order chi connectivity index (χ1) is 13.5. The minimum Gasteiger partial charge on any atom is -0.449 e. The zero-order valence-electron chi connectivity index (χ0n) is 14.7. The number of amides is 1. The minimum absolute atomic E-state index is 0.0972. The van der Waals surface area contributed by atoms with E-state index in [0.717, 1.165) is 0 Å². The predicted octanol–water partition coefficient (Wildman–Crippen LogP) is 4.21. The van der Waals surface area contributed by atoms with Crippen LogP contribution in [-0.4, -0.2) is 28.7 Å². The number of hydrogen-bond donors (Lipinski definition) is 1. The van der Waals surface area contributed by atoms with Crippen LogP contribution in [0.1, 0.15) is 32.5 Å². The van der Waals surface area contributed by atoms with E-state index in [9.17, 15) is 14.4 Å². The Labute approximate surface area is 170 Å². The van der Waals surface area contributed by atoms with E-state index in [0.29, 0.717) is 10.6 Å². The molecule has 1 aromatic carbocycles. The standard InChI is InChI=1S/C20H15ClN2O4S/c1-12(19(25)23-15-8-4-10-22-18(15)21)27-20(26)14-7-3-2-6-13(14)17(24)16-9-5-11-28-16/h2-12H,1H3,(H,23,25)/t12-/m1/s1. The van der Waals surface area contributed by atoms with Gasteiger partial charge in [-0.3, -0.25) is 9.59 Å². The molecule has 0 bridgehead atoms. The number of carbonyl (C=O) groups is 3. The quantitative estimate of drug-likeness (QED) is 0.371. The highest BCUT2D eigenvalue weighted by molar-refractivity contribution is 7.12. The van der Waals surface area contributed by atoms with Gasteiger partial charge in [0, 0.05) is 11.8 Å². The molecule has 6 nitrogen and oxygen atoms in total. The average Bonchev–Trinajstić information content (AvgIpc) is 3.24. The maximum Gasteiger partial charge on any atom is 0.339 e. The van der Waals surface area contributed by atoms with Crippen molar-refractivity contribution in [1.29, 1.82) is 0 Å². The van der Waals surface area contributed by atoms with E-state index in [1.807, 2.05) is 0 Å². The molecule has 0 unspecified atom stereocenters. The Morgan fingerprint density at radius 2 is 1.82 bits per heavy atom. The molecule has 0 aliphatic carbocycles. The van der Waals surface area contributed by atoms with Crippen LogP contribution in [-0.2, 0) is 9.53 Å². The number of nitrogens with one attached hydrogen (secondary N) is 1. The first-order valence-corrected chi connectivity index (χ1v) is 9.52. The summed E-state index contributed by atoms with van der Waals surface area (Å²) in [7, 11) is 0. The molecule has 0 fully saturated rings. The summed E-state index contributed by atoms with van der Waals surface area (Å²) in [5.41, 5.74) is 0.628. The summed E-state index contributed by atoms with van der Waals surface area (Å²) in [6.45, 7) is 1.43. The number of ether oxygens (including phenoxy) is 1. The van der Waals surface area contributed by atoms with Crippen molar-refractivity contribution in [2.75, 3.05) is 5.32 Å². The third kappa shape index (κ3) is 4.44. The highest BCUT2D eigenvalue weighted by Gasteiger charge is 2.24. The smallest absolute Gasteiger partial charge is 0.339 e. The first kappa shape index (κ1) is 19.7. The van der Waals surface area contributed by atoms with Gasteiger partial charge in [0.25, 0.3) is 5.91 Å². The van der Waals surface area contributed by atoms with E-state index in [2.05, 4.69) is 10.3 Å². The Morgan fingerprint density at radius 1 is 1.07 bits per heavy atom.